The van der Waals surface area contributed by atoms with Gasteiger partial charge >= 0.3 is 0 Å². The maximum Gasteiger partial charge on any atom is 0.273 e. The highest BCUT2D eigenvalue weighted by Gasteiger charge is 2.35. The molecule has 2 aromatic rings. The summed E-state index contributed by atoms with van der Waals surface area (Å²) in [4.78, 5) is 32.9. The van der Waals surface area contributed by atoms with Crippen LogP contribution in [0.1, 0.15) is 42.2 Å². The molecule has 0 unspecified atom stereocenters. The molecule has 0 radical (unpaired) electrons. The van der Waals surface area contributed by atoms with Crippen molar-refractivity contribution >= 4 is 46.6 Å². The lowest BCUT2D eigenvalue weighted by Gasteiger charge is -2.47. The van der Waals surface area contributed by atoms with Crippen LogP contribution >= 0.6 is 23.2 Å². The van der Waals surface area contributed by atoms with Crippen LogP contribution in [0.5, 0.6) is 0 Å². The monoisotopic (exact) mass is 533 g/mol. The fourth-order valence-electron chi connectivity index (χ4n) is 5.50. The molecule has 5 rings (SSSR count). The summed E-state index contributed by atoms with van der Waals surface area (Å²) in [6.07, 6.45) is 3.28. The van der Waals surface area contributed by atoms with Crippen LogP contribution in [0.25, 0.3) is 0 Å². The van der Waals surface area contributed by atoms with Gasteiger partial charge < -0.3 is 21.3 Å². The topological polar surface area (TPSA) is 116 Å². The first-order valence-electron chi connectivity index (χ1n) is 12.7. The molecule has 12 heteroatoms. The van der Waals surface area contributed by atoms with E-state index in [4.69, 9.17) is 33.9 Å². The molecule has 1 amide bonds. The van der Waals surface area contributed by atoms with Crippen molar-refractivity contribution < 1.29 is 4.79 Å². The van der Waals surface area contributed by atoms with Gasteiger partial charge in [0.2, 0.25) is 0 Å². The summed E-state index contributed by atoms with van der Waals surface area (Å²) >= 11 is 12.5. The molecule has 2 saturated heterocycles. The molecule has 5 heterocycles. The standard InChI is InChI=1S/C24H33Cl2N9O/c1-2-16-14-34(23-20(26)31-19-22(32-23)28-7-8-29-24(19)36)11-12-35(16)17-5-9-33(10-6-17)13-15-3-4-18(25)30-21(15)27/h3-4,16-17H,2,5-14H2,1H3,(H2,27,30)(H,28,32)(H,29,36)/t16-/m0/s1. The van der Waals surface area contributed by atoms with Crippen LogP contribution in [0, 0.1) is 0 Å². The number of carbonyl (C=O) groups excluding carboxylic acids is 1. The number of halogens is 2. The van der Waals surface area contributed by atoms with Crippen molar-refractivity contribution in [3.63, 3.8) is 0 Å². The summed E-state index contributed by atoms with van der Waals surface area (Å²) in [5.74, 6) is 1.43. The Morgan fingerprint density at radius 3 is 2.58 bits per heavy atom. The molecule has 0 spiro atoms. The molecule has 0 aromatic carbocycles. The lowest BCUT2D eigenvalue weighted by atomic mass is 9.98. The van der Waals surface area contributed by atoms with Crippen molar-refractivity contribution in [1.29, 1.82) is 0 Å². The number of fused-ring (bicyclic) bond motifs is 1. The molecule has 2 aromatic heterocycles. The average Bonchev–Trinajstić information content (AvgIpc) is 3.06. The van der Waals surface area contributed by atoms with E-state index in [0.717, 1.165) is 64.1 Å². The number of piperidine rings is 1. The Kier molecular flexibility index (Phi) is 7.66. The van der Waals surface area contributed by atoms with Gasteiger partial charge in [-0.25, -0.2) is 15.0 Å². The van der Waals surface area contributed by atoms with E-state index in [1.165, 1.54) is 0 Å². The third kappa shape index (κ3) is 5.32. The highest BCUT2D eigenvalue weighted by molar-refractivity contribution is 6.32. The number of anilines is 3. The minimum absolute atomic E-state index is 0.242. The van der Waals surface area contributed by atoms with Crippen LogP contribution < -0.4 is 21.3 Å². The largest absolute Gasteiger partial charge is 0.383 e. The van der Waals surface area contributed by atoms with Crippen molar-refractivity contribution in [2.24, 2.45) is 0 Å². The number of piperazine rings is 1. The van der Waals surface area contributed by atoms with E-state index in [0.29, 0.717) is 47.8 Å². The molecule has 3 aliphatic heterocycles. The van der Waals surface area contributed by atoms with Crippen LogP contribution in [-0.2, 0) is 6.54 Å². The fourth-order valence-corrected chi connectivity index (χ4v) is 5.90. The highest BCUT2D eigenvalue weighted by Crippen LogP contribution is 2.31. The Morgan fingerprint density at radius 2 is 1.83 bits per heavy atom. The number of amides is 1. The molecular formula is C24H33Cl2N9O. The molecule has 1 atom stereocenters. The summed E-state index contributed by atoms with van der Waals surface area (Å²) in [6, 6.07) is 4.73. The Balaban J connectivity index is 1.21. The van der Waals surface area contributed by atoms with Crippen LogP contribution in [-0.4, -0.2) is 88.6 Å². The third-order valence-electron chi connectivity index (χ3n) is 7.45. The number of nitrogen functional groups attached to an aromatic ring is 1. The zero-order chi connectivity index (χ0) is 25.2. The van der Waals surface area contributed by atoms with Crippen molar-refractivity contribution in [2.45, 2.75) is 44.8 Å². The van der Waals surface area contributed by atoms with E-state index in [9.17, 15) is 4.79 Å². The van der Waals surface area contributed by atoms with E-state index in [2.05, 4.69) is 42.2 Å². The van der Waals surface area contributed by atoms with Crippen molar-refractivity contribution in [3.8, 4) is 0 Å². The van der Waals surface area contributed by atoms with Gasteiger partial charge in [-0.05, 0) is 38.4 Å². The first kappa shape index (κ1) is 25.3. The van der Waals surface area contributed by atoms with Gasteiger partial charge in [-0.1, -0.05) is 36.2 Å². The van der Waals surface area contributed by atoms with Gasteiger partial charge in [0, 0.05) is 56.9 Å². The first-order chi connectivity index (χ1) is 17.4. The number of carbonyl (C=O) groups is 1. The van der Waals surface area contributed by atoms with Gasteiger partial charge in [-0.2, -0.15) is 0 Å². The van der Waals surface area contributed by atoms with Crippen LogP contribution in [0.15, 0.2) is 12.1 Å². The Morgan fingerprint density at radius 1 is 1.06 bits per heavy atom. The SMILES string of the molecule is CC[C@H]1CN(c2nc3c(nc2Cl)C(=O)NCCN3)CCN1C1CCN(Cc2ccc(Cl)nc2N)CC1. The van der Waals surface area contributed by atoms with Crippen molar-refractivity contribution in [1.82, 2.24) is 30.1 Å². The third-order valence-corrected chi connectivity index (χ3v) is 7.92. The average molecular weight is 534 g/mol. The summed E-state index contributed by atoms with van der Waals surface area (Å²) in [7, 11) is 0. The Bertz CT molecular complexity index is 1110. The number of hydrogen-bond acceptors (Lipinski definition) is 9. The molecule has 10 nitrogen and oxygen atoms in total. The van der Waals surface area contributed by atoms with E-state index in [-0.39, 0.29) is 16.8 Å². The smallest absolute Gasteiger partial charge is 0.273 e. The zero-order valence-electron chi connectivity index (χ0n) is 20.5. The molecule has 194 valence electrons. The van der Waals surface area contributed by atoms with E-state index < -0.39 is 0 Å². The summed E-state index contributed by atoms with van der Waals surface area (Å²) < 4.78 is 0. The van der Waals surface area contributed by atoms with Crippen LogP contribution in [0.3, 0.4) is 0 Å². The number of nitrogens with zero attached hydrogens (tertiary/aromatic N) is 6. The Labute approximate surface area is 221 Å². The maximum atomic E-state index is 12.3. The van der Waals surface area contributed by atoms with Gasteiger partial charge in [0.15, 0.2) is 22.5 Å². The molecule has 36 heavy (non-hydrogen) atoms. The predicted octanol–water partition coefficient (Wildman–Crippen LogP) is 2.48. The number of rotatable bonds is 5. The first-order valence-corrected chi connectivity index (χ1v) is 13.4. The van der Waals surface area contributed by atoms with Crippen molar-refractivity contribution in [3.05, 3.63) is 33.7 Å². The number of pyridine rings is 1. The second-order valence-electron chi connectivity index (χ2n) is 9.65. The number of hydrogen-bond donors (Lipinski definition) is 3. The van der Waals surface area contributed by atoms with Gasteiger partial charge in [0.05, 0.1) is 0 Å². The summed E-state index contributed by atoms with van der Waals surface area (Å²) in [5.41, 5.74) is 7.36. The molecule has 2 fully saturated rings. The lowest BCUT2D eigenvalue weighted by Crippen LogP contribution is -2.58. The van der Waals surface area contributed by atoms with Gasteiger partial charge in [0.25, 0.3) is 5.91 Å². The highest BCUT2D eigenvalue weighted by atomic mass is 35.5. The minimum Gasteiger partial charge on any atom is -0.383 e. The second kappa shape index (κ2) is 10.9. The lowest BCUT2D eigenvalue weighted by molar-refractivity contribution is 0.0611. The normalized spacial score (nSPS) is 22.0. The molecular weight excluding hydrogens is 501 g/mol. The van der Waals surface area contributed by atoms with E-state index >= 15 is 0 Å². The number of aromatic nitrogens is 3. The predicted molar refractivity (Wildman–Crippen MR) is 143 cm³/mol. The van der Waals surface area contributed by atoms with Gasteiger partial charge in [-0.3, -0.25) is 14.6 Å². The molecule has 0 aliphatic carbocycles. The number of likely N-dealkylation sites (tertiary alicyclic amines) is 1. The van der Waals surface area contributed by atoms with E-state index in [1.807, 2.05) is 6.07 Å². The zero-order valence-corrected chi connectivity index (χ0v) is 22.0. The molecule has 0 saturated carbocycles. The van der Waals surface area contributed by atoms with E-state index in [1.54, 1.807) is 6.07 Å². The maximum absolute atomic E-state index is 12.3. The second-order valence-corrected chi connectivity index (χ2v) is 10.4. The summed E-state index contributed by atoms with van der Waals surface area (Å²) in [6.45, 7) is 8.84. The van der Waals surface area contributed by atoms with Gasteiger partial charge in [0.1, 0.15) is 11.0 Å². The molecule has 0 bridgehead atoms. The van der Waals surface area contributed by atoms with Crippen LogP contribution in [0.2, 0.25) is 10.3 Å². The molecule has 4 N–H and O–H groups in total. The fraction of sp³-hybridized carbons (Fsp3) is 0.583. The quantitative estimate of drug-likeness (QED) is 0.498. The summed E-state index contributed by atoms with van der Waals surface area (Å²) in [5, 5.41) is 6.71. The number of nitrogens with one attached hydrogen (secondary N) is 2. The van der Waals surface area contributed by atoms with Crippen LogP contribution in [0.4, 0.5) is 17.5 Å². The van der Waals surface area contributed by atoms with Gasteiger partial charge in [-0.15, -0.1) is 0 Å². The number of nitrogens with two attached hydrogens (primary N) is 1. The molecule has 3 aliphatic rings. The Hall–Kier alpha value is -2.40. The van der Waals surface area contributed by atoms with Crippen molar-refractivity contribution in [2.75, 3.05) is 61.8 Å². The minimum atomic E-state index is -0.242.